The molecule has 0 aromatic carbocycles. The molecule has 4 nitrogen and oxygen atoms in total. The number of halogens is 1. The number of aromatic amines is 1. The lowest BCUT2D eigenvalue weighted by molar-refractivity contribution is 0.580. The van der Waals surface area contributed by atoms with Gasteiger partial charge in [0, 0.05) is 0 Å². The fourth-order valence-electron chi connectivity index (χ4n) is 0.587. The Morgan fingerprint density at radius 3 is 3.18 bits per heavy atom. The second kappa shape index (κ2) is 3.25. The molecule has 0 spiro atoms. The maximum Gasteiger partial charge on any atom is 0.169 e. The number of H-pyrrole nitrogens is 1. The zero-order valence-electron chi connectivity index (χ0n) is 5.37. The minimum atomic E-state index is -1.75. The number of nitrogens with zero attached hydrogens (tertiary/aromatic N) is 2. The first-order chi connectivity index (χ1) is 5.29. The molecular formula is C5H4FN3OS. The number of hydrogen-bond acceptors (Lipinski definition) is 3. The molecule has 1 atom stereocenters. The average Bonchev–Trinajstić information content (AvgIpc) is 2.50. The van der Waals surface area contributed by atoms with Crippen LogP contribution >= 0.6 is 0 Å². The smallest absolute Gasteiger partial charge is 0.169 e. The highest BCUT2D eigenvalue weighted by Gasteiger charge is 2.10. The summed E-state index contributed by atoms with van der Waals surface area (Å²) in [5.41, 5.74) is 0.0565. The third kappa shape index (κ3) is 1.43. The molecule has 0 fully saturated rings. The number of alkyl halides is 1. The maximum absolute atomic E-state index is 11.8. The third-order valence-electron chi connectivity index (χ3n) is 1.06. The minimum absolute atomic E-state index is 0.0565. The van der Waals surface area contributed by atoms with E-state index in [1.54, 1.807) is 6.07 Å². The highest BCUT2D eigenvalue weighted by molar-refractivity contribution is 7.84. The van der Waals surface area contributed by atoms with Crippen molar-refractivity contribution in [3.63, 3.8) is 0 Å². The molecule has 0 bridgehead atoms. The topological polar surface area (TPSA) is 69.5 Å². The summed E-state index contributed by atoms with van der Waals surface area (Å²) in [6.45, 7) is 0. The summed E-state index contributed by atoms with van der Waals surface area (Å²) < 4.78 is 22.6. The van der Waals surface area contributed by atoms with Crippen LogP contribution in [0, 0.1) is 11.3 Å². The monoisotopic (exact) mass is 173 g/mol. The van der Waals surface area contributed by atoms with E-state index >= 15 is 0 Å². The van der Waals surface area contributed by atoms with E-state index in [1.165, 1.54) is 6.20 Å². The van der Waals surface area contributed by atoms with Crippen molar-refractivity contribution in [2.45, 2.75) is 4.90 Å². The van der Waals surface area contributed by atoms with Gasteiger partial charge in [-0.3, -0.25) is 9.31 Å². The van der Waals surface area contributed by atoms with Crippen molar-refractivity contribution in [3.8, 4) is 6.07 Å². The van der Waals surface area contributed by atoms with E-state index in [1.807, 2.05) is 0 Å². The van der Waals surface area contributed by atoms with Gasteiger partial charge in [0.05, 0.1) is 21.9 Å². The molecule has 0 saturated heterocycles. The van der Waals surface area contributed by atoms with Gasteiger partial charge in [-0.2, -0.15) is 10.4 Å². The van der Waals surface area contributed by atoms with Gasteiger partial charge in [-0.1, -0.05) is 0 Å². The number of hydrogen-bond donors (Lipinski definition) is 1. The molecule has 1 rings (SSSR count). The predicted molar refractivity (Wildman–Crippen MR) is 35.7 cm³/mol. The molecule has 6 heteroatoms. The molecular weight excluding hydrogens is 169 g/mol. The summed E-state index contributed by atoms with van der Waals surface area (Å²) in [7, 11) is -1.75. The van der Waals surface area contributed by atoms with E-state index in [0.29, 0.717) is 0 Å². The summed E-state index contributed by atoms with van der Waals surface area (Å²) in [4.78, 5) is 0.120. The fourth-order valence-corrected chi connectivity index (χ4v) is 1.19. The van der Waals surface area contributed by atoms with Crippen LogP contribution in [0.3, 0.4) is 0 Å². The van der Waals surface area contributed by atoms with Crippen LogP contribution in [0.25, 0.3) is 0 Å². The van der Waals surface area contributed by atoms with Gasteiger partial charge in [-0.05, 0) is 0 Å². The van der Waals surface area contributed by atoms with Crippen molar-refractivity contribution in [2.75, 3.05) is 6.01 Å². The number of nitriles is 1. The molecule has 11 heavy (non-hydrogen) atoms. The molecule has 1 heterocycles. The first-order valence-corrected chi connectivity index (χ1v) is 3.99. The largest absolute Gasteiger partial charge is 0.267 e. The van der Waals surface area contributed by atoms with Crippen LogP contribution in [0.4, 0.5) is 4.39 Å². The highest BCUT2D eigenvalue weighted by Crippen LogP contribution is 2.08. The Balaban J connectivity index is 3.05. The van der Waals surface area contributed by atoms with Crippen molar-refractivity contribution in [1.29, 1.82) is 5.26 Å². The van der Waals surface area contributed by atoms with E-state index in [9.17, 15) is 8.60 Å². The standard InChI is InChI=1S/C5H4FN3OS/c6-3-11(10)5-2-8-9-4(5)1-7/h2H,3H2,(H,8,9). The molecule has 1 aromatic rings. The molecule has 0 aliphatic rings. The Bertz CT molecular complexity index is 316. The summed E-state index contributed by atoms with van der Waals surface area (Å²) in [5.74, 6) is 0. The Kier molecular flexibility index (Phi) is 2.33. The number of nitrogens with one attached hydrogen (secondary N) is 1. The second-order valence-corrected chi connectivity index (χ2v) is 3.02. The third-order valence-corrected chi connectivity index (χ3v) is 2.06. The second-order valence-electron chi connectivity index (χ2n) is 1.68. The van der Waals surface area contributed by atoms with Gasteiger partial charge in [0.25, 0.3) is 0 Å². The molecule has 58 valence electrons. The van der Waals surface area contributed by atoms with Gasteiger partial charge in [0.2, 0.25) is 0 Å². The normalized spacial score (nSPS) is 12.4. The van der Waals surface area contributed by atoms with E-state index in [-0.39, 0.29) is 10.6 Å². The van der Waals surface area contributed by atoms with Crippen LogP contribution in [0.5, 0.6) is 0 Å². The quantitative estimate of drug-likeness (QED) is 0.700. The lowest BCUT2D eigenvalue weighted by Gasteiger charge is -1.89. The van der Waals surface area contributed by atoms with Gasteiger partial charge in [0.1, 0.15) is 6.07 Å². The lowest BCUT2D eigenvalue weighted by atomic mass is 10.5. The Morgan fingerprint density at radius 2 is 2.64 bits per heavy atom. The van der Waals surface area contributed by atoms with Crippen molar-refractivity contribution < 1.29 is 8.60 Å². The Labute approximate surface area is 64.5 Å². The molecule has 0 aliphatic heterocycles. The Morgan fingerprint density at radius 1 is 1.91 bits per heavy atom. The molecule has 0 radical (unpaired) electrons. The van der Waals surface area contributed by atoms with E-state index < -0.39 is 16.8 Å². The summed E-state index contributed by atoms with van der Waals surface area (Å²) >= 11 is 0. The van der Waals surface area contributed by atoms with Crippen molar-refractivity contribution in [1.82, 2.24) is 10.2 Å². The average molecular weight is 173 g/mol. The van der Waals surface area contributed by atoms with Crippen LogP contribution in [-0.4, -0.2) is 20.4 Å². The van der Waals surface area contributed by atoms with E-state index in [0.717, 1.165) is 0 Å². The van der Waals surface area contributed by atoms with E-state index in [4.69, 9.17) is 5.26 Å². The summed E-state index contributed by atoms with van der Waals surface area (Å²) in [6, 6.07) is 0.721. The SMILES string of the molecule is N#Cc1[nH]ncc1S(=O)CF. The molecule has 1 aromatic heterocycles. The summed E-state index contributed by atoms with van der Waals surface area (Å²) in [6.07, 6.45) is 1.19. The van der Waals surface area contributed by atoms with Crippen LogP contribution < -0.4 is 0 Å². The van der Waals surface area contributed by atoms with Gasteiger partial charge < -0.3 is 0 Å². The minimum Gasteiger partial charge on any atom is -0.267 e. The van der Waals surface area contributed by atoms with Crippen molar-refractivity contribution in [2.24, 2.45) is 0 Å². The van der Waals surface area contributed by atoms with E-state index in [2.05, 4.69) is 10.2 Å². The predicted octanol–water partition coefficient (Wildman–Crippen LogP) is 0.316. The van der Waals surface area contributed by atoms with Crippen LogP contribution in [0.1, 0.15) is 5.69 Å². The Hall–Kier alpha value is -1.22. The molecule has 1 unspecified atom stereocenters. The first kappa shape index (κ1) is 7.88. The number of aromatic nitrogens is 2. The number of rotatable bonds is 2. The van der Waals surface area contributed by atoms with Crippen LogP contribution in [-0.2, 0) is 10.8 Å². The fraction of sp³-hybridized carbons (Fsp3) is 0.200. The molecule has 0 saturated carbocycles. The molecule has 0 amide bonds. The van der Waals surface area contributed by atoms with Gasteiger partial charge in [0.15, 0.2) is 11.7 Å². The zero-order chi connectivity index (χ0) is 8.27. The van der Waals surface area contributed by atoms with Crippen molar-refractivity contribution in [3.05, 3.63) is 11.9 Å². The molecule has 0 aliphatic carbocycles. The van der Waals surface area contributed by atoms with Gasteiger partial charge >= 0.3 is 0 Å². The zero-order valence-corrected chi connectivity index (χ0v) is 6.19. The molecule has 1 N–H and O–H groups in total. The van der Waals surface area contributed by atoms with Crippen molar-refractivity contribution >= 4 is 10.8 Å². The van der Waals surface area contributed by atoms with Gasteiger partial charge in [-0.25, -0.2) is 4.39 Å². The first-order valence-electron chi connectivity index (χ1n) is 2.67. The summed E-state index contributed by atoms with van der Waals surface area (Å²) in [5, 5.41) is 14.1. The van der Waals surface area contributed by atoms with Gasteiger partial charge in [-0.15, -0.1) is 0 Å². The highest BCUT2D eigenvalue weighted by atomic mass is 32.2. The lowest BCUT2D eigenvalue weighted by Crippen LogP contribution is -1.93. The van der Waals surface area contributed by atoms with Crippen LogP contribution in [0.15, 0.2) is 11.1 Å². The maximum atomic E-state index is 11.8. The van der Waals surface area contributed by atoms with Crippen LogP contribution in [0.2, 0.25) is 0 Å².